The Morgan fingerprint density at radius 2 is 0.884 bits per heavy atom. The molecular formula is C57H82N2O8Si2. The van der Waals surface area contributed by atoms with Gasteiger partial charge in [0.15, 0.2) is 5.92 Å². The molecule has 69 heavy (non-hydrogen) atoms. The van der Waals surface area contributed by atoms with Crippen molar-refractivity contribution in [2.45, 2.75) is 174 Å². The first-order valence-corrected chi connectivity index (χ1v) is 29.0. The molecule has 0 aliphatic rings. The van der Waals surface area contributed by atoms with Crippen LogP contribution >= 0.6 is 0 Å². The van der Waals surface area contributed by atoms with Gasteiger partial charge >= 0.3 is 18.0 Å². The van der Waals surface area contributed by atoms with Gasteiger partial charge in [0, 0.05) is 6.54 Å². The van der Waals surface area contributed by atoms with E-state index in [9.17, 15) is 14.4 Å². The van der Waals surface area contributed by atoms with E-state index in [1.165, 1.54) is 0 Å². The third-order valence-corrected chi connectivity index (χ3v) is 25.0. The molecule has 0 saturated carbocycles. The fraction of sp³-hybridized carbons (Fsp3) is 0.509. The molecule has 2 unspecified atom stereocenters. The van der Waals surface area contributed by atoms with Gasteiger partial charge in [-0.1, -0.05) is 168 Å². The van der Waals surface area contributed by atoms with E-state index in [4.69, 9.17) is 29.6 Å². The summed E-state index contributed by atoms with van der Waals surface area (Å²) >= 11 is 0. The molecule has 0 fully saturated rings. The third kappa shape index (κ3) is 16.9. The number of alkyl carbamates (subject to hydrolysis) is 1. The first kappa shape index (κ1) is 57.9. The van der Waals surface area contributed by atoms with Crippen LogP contribution in [0.25, 0.3) is 4.85 Å². The van der Waals surface area contributed by atoms with Crippen molar-refractivity contribution in [3.8, 4) is 11.5 Å². The number of ether oxygens (including phenoxy) is 3. The molecule has 0 spiro atoms. The molecule has 0 bridgehead atoms. The average Bonchev–Trinajstić information content (AvgIpc) is 3.29. The van der Waals surface area contributed by atoms with Crippen LogP contribution in [0.2, 0.25) is 33.2 Å². The van der Waals surface area contributed by atoms with Crippen molar-refractivity contribution in [2.75, 3.05) is 13.1 Å². The van der Waals surface area contributed by atoms with Crippen LogP contribution in [0, 0.1) is 6.57 Å². The number of benzene rings is 4. The van der Waals surface area contributed by atoms with Gasteiger partial charge < -0.3 is 33.2 Å². The van der Waals surface area contributed by atoms with Crippen LogP contribution in [0.15, 0.2) is 109 Å². The topological polar surface area (TPSA) is 114 Å². The van der Waals surface area contributed by atoms with E-state index in [1.807, 2.05) is 130 Å². The number of carbonyl (C=O) groups excluding carboxylic acids is 3. The van der Waals surface area contributed by atoms with Crippen molar-refractivity contribution in [3.05, 3.63) is 143 Å². The van der Waals surface area contributed by atoms with Gasteiger partial charge in [-0.3, -0.25) is 9.59 Å². The maximum atomic E-state index is 13.2. The smallest absolute Gasteiger partial charge is 0.407 e. The SMILES string of the molecule is CC(C)[Si](Oc1ccc(C(CCNC(=O)OC(C)(C)C)C(=O)OCc2ccccc2)cc1)(C(C)C)C(C)C.[C-]#[N+]CC(C(=O)OCc1ccccc1)c1ccc(O[Si](C(C)C)(C(C)C)C(C)C)cc1. The molecule has 0 radical (unpaired) electrons. The molecule has 1 N–H and O–H groups in total. The largest absolute Gasteiger partial charge is 0.543 e. The minimum Gasteiger partial charge on any atom is -0.543 e. The molecule has 0 heterocycles. The van der Waals surface area contributed by atoms with E-state index in [0.29, 0.717) is 39.7 Å². The Balaban J connectivity index is 0.000000373. The van der Waals surface area contributed by atoms with Crippen LogP contribution in [0.4, 0.5) is 4.79 Å². The first-order valence-electron chi connectivity index (χ1n) is 24.8. The van der Waals surface area contributed by atoms with Gasteiger partial charge in [0.1, 0.15) is 30.3 Å². The summed E-state index contributed by atoms with van der Waals surface area (Å²) in [6, 6.07) is 34.7. The lowest BCUT2D eigenvalue weighted by atomic mass is 9.95. The van der Waals surface area contributed by atoms with E-state index in [1.54, 1.807) is 0 Å². The molecule has 0 saturated heterocycles. The summed E-state index contributed by atoms with van der Waals surface area (Å²) < 4.78 is 30.0. The molecule has 376 valence electrons. The average molecular weight is 979 g/mol. The summed E-state index contributed by atoms with van der Waals surface area (Å²) in [4.78, 5) is 41.5. The molecule has 4 aromatic rings. The maximum absolute atomic E-state index is 13.2. The zero-order valence-corrected chi connectivity index (χ0v) is 46.3. The highest BCUT2D eigenvalue weighted by Gasteiger charge is 2.48. The minimum atomic E-state index is -2.09. The van der Waals surface area contributed by atoms with Crippen LogP contribution in [0.1, 0.15) is 144 Å². The molecule has 10 nitrogen and oxygen atoms in total. The quantitative estimate of drug-likeness (QED) is 0.0358. The van der Waals surface area contributed by atoms with Gasteiger partial charge in [0.05, 0.1) is 5.92 Å². The molecular weight excluding hydrogens is 897 g/mol. The van der Waals surface area contributed by atoms with Gasteiger partial charge in [0.25, 0.3) is 16.6 Å². The molecule has 0 aliphatic carbocycles. The monoisotopic (exact) mass is 979 g/mol. The second kappa shape index (κ2) is 27.1. The van der Waals surface area contributed by atoms with Crippen molar-refractivity contribution < 1.29 is 37.4 Å². The summed E-state index contributed by atoms with van der Waals surface area (Å²) in [6.45, 7) is 40.6. The lowest BCUT2D eigenvalue weighted by Gasteiger charge is -2.42. The Bertz CT molecular complexity index is 2150. The van der Waals surface area contributed by atoms with Crippen molar-refractivity contribution in [3.63, 3.8) is 0 Å². The summed E-state index contributed by atoms with van der Waals surface area (Å²) in [5.41, 5.74) is 5.70. The fourth-order valence-corrected chi connectivity index (χ4v) is 20.3. The fourth-order valence-electron chi connectivity index (χ4n) is 9.77. The number of amides is 1. The van der Waals surface area contributed by atoms with Gasteiger partial charge in [-0.05, 0) is 107 Å². The summed E-state index contributed by atoms with van der Waals surface area (Å²) in [5, 5.41) is 2.76. The minimum absolute atomic E-state index is 0.0660. The molecule has 12 heteroatoms. The van der Waals surface area contributed by atoms with Crippen LogP contribution in [0.5, 0.6) is 11.5 Å². The number of carbonyl (C=O) groups is 3. The Morgan fingerprint density at radius 1 is 0.536 bits per heavy atom. The van der Waals surface area contributed by atoms with Crippen LogP contribution < -0.4 is 14.2 Å². The summed E-state index contributed by atoms with van der Waals surface area (Å²) in [5.74, 6) is -0.166. The van der Waals surface area contributed by atoms with Crippen molar-refractivity contribution in [1.82, 2.24) is 5.32 Å². The Labute approximate surface area is 417 Å². The number of nitrogens with one attached hydrogen (secondary N) is 1. The Hall–Kier alpha value is -5.39. The van der Waals surface area contributed by atoms with Gasteiger partial charge in [-0.2, -0.15) is 0 Å². The number of hydrogen-bond donors (Lipinski definition) is 1. The van der Waals surface area contributed by atoms with E-state index in [-0.39, 0.29) is 38.2 Å². The number of rotatable bonds is 22. The molecule has 0 aromatic heterocycles. The predicted octanol–water partition coefficient (Wildman–Crippen LogP) is 15.0. The zero-order valence-electron chi connectivity index (χ0n) is 44.3. The second-order valence-electron chi connectivity index (χ2n) is 20.8. The predicted molar refractivity (Wildman–Crippen MR) is 285 cm³/mol. The molecule has 2 atom stereocenters. The molecule has 0 aliphatic heterocycles. The van der Waals surface area contributed by atoms with Crippen molar-refractivity contribution >= 4 is 34.7 Å². The maximum Gasteiger partial charge on any atom is 0.407 e. The normalized spacial score (nSPS) is 12.8. The third-order valence-electron chi connectivity index (χ3n) is 13.0. The van der Waals surface area contributed by atoms with E-state index in [0.717, 1.165) is 33.8 Å². The number of esters is 2. The van der Waals surface area contributed by atoms with Crippen molar-refractivity contribution in [1.29, 1.82) is 0 Å². The van der Waals surface area contributed by atoms with Gasteiger partial charge in [-0.15, -0.1) is 0 Å². The summed E-state index contributed by atoms with van der Waals surface area (Å²) in [6.07, 6.45) is -0.120. The molecule has 4 aromatic carbocycles. The lowest BCUT2D eigenvalue weighted by Crippen LogP contribution is -2.50. The second-order valence-corrected chi connectivity index (χ2v) is 31.6. The van der Waals surface area contributed by atoms with Crippen molar-refractivity contribution in [2.24, 2.45) is 0 Å². The molecule has 4 rings (SSSR count). The van der Waals surface area contributed by atoms with Gasteiger partial charge in [-0.25, -0.2) is 11.4 Å². The highest BCUT2D eigenvalue weighted by atomic mass is 28.4. The summed E-state index contributed by atoms with van der Waals surface area (Å²) in [7, 11) is -4.13. The highest BCUT2D eigenvalue weighted by Crippen LogP contribution is 2.44. The standard InChI is InChI=1S/C31H47NO5Si.C26H35NO3Si/c1-22(2)38(23(3)4,24(5)6)37-27-17-15-26(16-18-27)28(19-20-32-30(34)36-31(7,8)9)29(33)35-21-25-13-11-10-12-14-25;1-19(2)31(20(3)4,21(5)6)30-24-15-13-23(14-16-24)25(17-27-7)26(28)29-18-22-11-9-8-10-12-22/h10-18,22-24,28H,19-21H2,1-9H3,(H,32,34);8-16,19-21,25H,17-18H2,1-6H3. The Kier molecular flexibility index (Phi) is 22.8. The first-order chi connectivity index (χ1) is 32.5. The van der Waals surface area contributed by atoms with E-state index >= 15 is 0 Å². The van der Waals surface area contributed by atoms with E-state index < -0.39 is 40.2 Å². The number of hydrogen-bond acceptors (Lipinski definition) is 8. The molecule has 1 amide bonds. The van der Waals surface area contributed by atoms with Crippen LogP contribution in [0.3, 0.4) is 0 Å². The van der Waals surface area contributed by atoms with Gasteiger partial charge in [0.2, 0.25) is 6.54 Å². The highest BCUT2D eigenvalue weighted by molar-refractivity contribution is 6.78. The number of nitrogens with zero attached hydrogens (tertiary/aromatic N) is 1. The lowest BCUT2D eigenvalue weighted by molar-refractivity contribution is -0.147. The zero-order chi connectivity index (χ0) is 51.5. The Morgan fingerprint density at radius 3 is 1.22 bits per heavy atom. The van der Waals surface area contributed by atoms with Crippen LogP contribution in [-0.4, -0.2) is 53.4 Å². The van der Waals surface area contributed by atoms with Crippen LogP contribution in [-0.2, 0) is 37.0 Å². The van der Waals surface area contributed by atoms with E-state index in [2.05, 4.69) is 93.2 Å².